The van der Waals surface area contributed by atoms with Gasteiger partial charge in [0.15, 0.2) is 0 Å². The fourth-order valence-corrected chi connectivity index (χ4v) is 2.62. The Kier molecular flexibility index (Phi) is 5.53. The fourth-order valence-electron chi connectivity index (χ4n) is 2.62. The van der Waals surface area contributed by atoms with E-state index in [1.165, 1.54) is 30.7 Å². The molecule has 28 heavy (non-hydrogen) atoms. The highest BCUT2D eigenvalue weighted by Crippen LogP contribution is 2.35. The summed E-state index contributed by atoms with van der Waals surface area (Å²) in [7, 11) is 0. The molecule has 1 atom stereocenters. The maximum absolute atomic E-state index is 13.7. The molecule has 144 valence electrons. The van der Waals surface area contributed by atoms with Crippen molar-refractivity contribution in [3.63, 3.8) is 0 Å². The number of amides is 2. The lowest BCUT2D eigenvalue weighted by atomic mass is 9.99. The van der Waals surface area contributed by atoms with Gasteiger partial charge in [-0.05, 0) is 42.0 Å². The number of halogens is 4. The Bertz CT molecular complexity index is 963. The van der Waals surface area contributed by atoms with E-state index >= 15 is 0 Å². The summed E-state index contributed by atoms with van der Waals surface area (Å²) in [6.07, 6.45) is -0.644. The van der Waals surface area contributed by atoms with Gasteiger partial charge in [0.05, 0.1) is 29.2 Å². The van der Waals surface area contributed by atoms with Gasteiger partial charge in [-0.2, -0.15) is 13.2 Å². The van der Waals surface area contributed by atoms with Crippen molar-refractivity contribution in [2.75, 3.05) is 5.32 Å². The van der Waals surface area contributed by atoms with Gasteiger partial charge in [0.25, 0.3) is 0 Å². The SMILES string of the molecule is O=C(Nc1cccnc1)N[C@@H](c1cccc(F)c1)c1ncccc1C(F)(F)F. The maximum atomic E-state index is 13.7. The molecule has 0 spiro atoms. The van der Waals surface area contributed by atoms with Crippen molar-refractivity contribution < 1.29 is 22.4 Å². The van der Waals surface area contributed by atoms with Crippen LogP contribution in [0.4, 0.5) is 28.0 Å². The van der Waals surface area contributed by atoms with E-state index in [1.54, 1.807) is 12.1 Å². The summed E-state index contributed by atoms with van der Waals surface area (Å²) in [5.74, 6) is -0.651. The summed E-state index contributed by atoms with van der Waals surface area (Å²) < 4.78 is 54.0. The summed E-state index contributed by atoms with van der Waals surface area (Å²) in [6.45, 7) is 0. The molecule has 3 rings (SSSR count). The van der Waals surface area contributed by atoms with Crippen molar-refractivity contribution in [3.8, 4) is 0 Å². The number of carbonyl (C=O) groups excluding carboxylic acids is 1. The number of benzene rings is 1. The molecule has 0 aliphatic carbocycles. The van der Waals surface area contributed by atoms with E-state index in [1.807, 2.05) is 0 Å². The van der Waals surface area contributed by atoms with Gasteiger partial charge in [-0.1, -0.05) is 12.1 Å². The largest absolute Gasteiger partial charge is 0.418 e. The van der Waals surface area contributed by atoms with E-state index in [2.05, 4.69) is 20.6 Å². The van der Waals surface area contributed by atoms with Gasteiger partial charge in [-0.15, -0.1) is 0 Å². The summed E-state index contributed by atoms with van der Waals surface area (Å²) in [4.78, 5) is 20.0. The van der Waals surface area contributed by atoms with E-state index in [0.717, 1.165) is 24.3 Å². The third-order valence-electron chi connectivity index (χ3n) is 3.79. The van der Waals surface area contributed by atoms with Gasteiger partial charge in [0.2, 0.25) is 0 Å². The number of hydrogen-bond acceptors (Lipinski definition) is 3. The van der Waals surface area contributed by atoms with Gasteiger partial charge in [-0.25, -0.2) is 9.18 Å². The van der Waals surface area contributed by atoms with Crippen molar-refractivity contribution >= 4 is 11.7 Å². The number of hydrogen-bond donors (Lipinski definition) is 2. The Morgan fingerprint density at radius 2 is 1.82 bits per heavy atom. The minimum atomic E-state index is -4.70. The molecule has 9 heteroatoms. The maximum Gasteiger partial charge on any atom is 0.418 e. The highest BCUT2D eigenvalue weighted by Gasteiger charge is 2.37. The molecule has 2 aromatic heterocycles. The molecule has 0 unspecified atom stereocenters. The minimum absolute atomic E-state index is 0.116. The van der Waals surface area contributed by atoms with Crippen LogP contribution in [0, 0.1) is 5.82 Å². The quantitative estimate of drug-likeness (QED) is 0.643. The molecule has 0 aliphatic rings. The Balaban J connectivity index is 1.99. The fraction of sp³-hybridized carbons (Fsp3) is 0.105. The number of nitrogens with one attached hydrogen (secondary N) is 2. The van der Waals surface area contributed by atoms with Crippen LogP contribution in [0.2, 0.25) is 0 Å². The van der Waals surface area contributed by atoms with E-state index in [9.17, 15) is 22.4 Å². The number of anilines is 1. The Morgan fingerprint density at radius 1 is 1.04 bits per heavy atom. The third kappa shape index (κ3) is 4.61. The van der Waals surface area contributed by atoms with Crippen LogP contribution < -0.4 is 10.6 Å². The number of rotatable bonds is 4. The summed E-state index contributed by atoms with van der Waals surface area (Å²) in [5, 5.41) is 4.90. The molecule has 3 aromatic rings. The third-order valence-corrected chi connectivity index (χ3v) is 3.79. The molecular formula is C19H14F4N4O. The van der Waals surface area contributed by atoms with Crippen molar-refractivity contribution in [3.05, 3.63) is 89.8 Å². The number of carbonyl (C=O) groups is 1. The van der Waals surface area contributed by atoms with Crippen LogP contribution in [-0.2, 0) is 6.18 Å². The summed E-state index contributed by atoms with van der Waals surface area (Å²) in [5.41, 5.74) is -1.01. The molecule has 0 fully saturated rings. The van der Waals surface area contributed by atoms with E-state index in [0.29, 0.717) is 5.69 Å². The lowest BCUT2D eigenvalue weighted by Gasteiger charge is -2.22. The van der Waals surface area contributed by atoms with Gasteiger partial charge < -0.3 is 10.6 Å². The van der Waals surface area contributed by atoms with E-state index < -0.39 is 35.3 Å². The van der Waals surface area contributed by atoms with Crippen molar-refractivity contribution in [2.45, 2.75) is 12.2 Å². The number of pyridine rings is 2. The van der Waals surface area contributed by atoms with Gasteiger partial charge in [-0.3, -0.25) is 9.97 Å². The van der Waals surface area contributed by atoms with Crippen LogP contribution in [0.3, 0.4) is 0 Å². The van der Waals surface area contributed by atoms with Crippen LogP contribution >= 0.6 is 0 Å². The molecule has 5 nitrogen and oxygen atoms in total. The first-order valence-corrected chi connectivity index (χ1v) is 8.10. The first kappa shape index (κ1) is 19.3. The lowest BCUT2D eigenvalue weighted by Crippen LogP contribution is -2.35. The molecule has 0 saturated heterocycles. The number of nitrogens with zero attached hydrogens (tertiary/aromatic N) is 2. The standard InChI is InChI=1S/C19H14F4N4O/c20-13-5-1-4-12(10-13)16(17-15(19(21,22)23)7-3-9-25-17)27-18(28)26-14-6-2-8-24-11-14/h1-11,16H,(H2,26,27,28)/t16-/m0/s1. The molecule has 0 aliphatic heterocycles. The summed E-state index contributed by atoms with van der Waals surface area (Å²) >= 11 is 0. The molecule has 0 radical (unpaired) electrons. The molecule has 2 heterocycles. The van der Waals surface area contributed by atoms with Crippen LogP contribution in [0.25, 0.3) is 0 Å². The second kappa shape index (κ2) is 8.03. The van der Waals surface area contributed by atoms with Gasteiger partial charge >= 0.3 is 12.2 Å². The monoisotopic (exact) mass is 390 g/mol. The molecule has 0 saturated carbocycles. The van der Waals surface area contributed by atoms with Crippen LogP contribution in [0.15, 0.2) is 67.1 Å². The smallest absolute Gasteiger partial charge is 0.325 e. The van der Waals surface area contributed by atoms with Crippen molar-refractivity contribution in [1.29, 1.82) is 0 Å². The predicted octanol–water partition coefficient (Wildman–Crippen LogP) is 4.55. The van der Waals surface area contributed by atoms with Crippen LogP contribution in [0.1, 0.15) is 22.9 Å². The molecule has 1 aromatic carbocycles. The number of alkyl halides is 3. The van der Waals surface area contributed by atoms with E-state index in [-0.39, 0.29) is 5.56 Å². The summed E-state index contributed by atoms with van der Waals surface area (Å²) in [6, 6.07) is 7.97. The number of urea groups is 1. The zero-order valence-corrected chi connectivity index (χ0v) is 14.2. The highest BCUT2D eigenvalue weighted by molar-refractivity contribution is 5.89. The first-order valence-electron chi connectivity index (χ1n) is 8.10. The zero-order valence-electron chi connectivity index (χ0n) is 14.2. The topological polar surface area (TPSA) is 66.9 Å². The normalized spacial score (nSPS) is 12.3. The second-order valence-corrected chi connectivity index (χ2v) is 5.76. The number of aromatic nitrogens is 2. The zero-order chi connectivity index (χ0) is 20.1. The van der Waals surface area contributed by atoms with E-state index in [4.69, 9.17) is 0 Å². The molecular weight excluding hydrogens is 376 g/mol. The van der Waals surface area contributed by atoms with Gasteiger partial charge in [0, 0.05) is 12.4 Å². The predicted molar refractivity (Wildman–Crippen MR) is 93.9 cm³/mol. The average molecular weight is 390 g/mol. The molecule has 2 amide bonds. The minimum Gasteiger partial charge on any atom is -0.325 e. The second-order valence-electron chi connectivity index (χ2n) is 5.76. The Hall–Kier alpha value is -3.49. The van der Waals surface area contributed by atoms with Crippen LogP contribution in [-0.4, -0.2) is 16.0 Å². The average Bonchev–Trinajstić information content (AvgIpc) is 2.66. The lowest BCUT2D eigenvalue weighted by molar-refractivity contribution is -0.138. The van der Waals surface area contributed by atoms with Crippen LogP contribution in [0.5, 0.6) is 0 Å². The molecule has 2 N–H and O–H groups in total. The highest BCUT2D eigenvalue weighted by atomic mass is 19.4. The van der Waals surface area contributed by atoms with Crippen molar-refractivity contribution in [2.24, 2.45) is 0 Å². The Labute approximate surface area is 157 Å². The first-order chi connectivity index (χ1) is 13.3. The Morgan fingerprint density at radius 3 is 2.50 bits per heavy atom. The van der Waals surface area contributed by atoms with Crippen molar-refractivity contribution in [1.82, 2.24) is 15.3 Å². The van der Waals surface area contributed by atoms with Gasteiger partial charge in [0.1, 0.15) is 5.82 Å². The molecule has 0 bridgehead atoms.